The largest absolute Gasteiger partial charge is 0.231 e. The third-order valence-corrected chi connectivity index (χ3v) is 8.02. The summed E-state index contributed by atoms with van der Waals surface area (Å²) in [7, 11) is -3.02. The zero-order valence-corrected chi connectivity index (χ0v) is 16.3. The molecule has 108 valence electrons. The van der Waals surface area contributed by atoms with E-state index < -0.39 is 16.1 Å². The fraction of sp³-hybridized carbons (Fsp3) is 0.429. The van der Waals surface area contributed by atoms with E-state index in [-0.39, 0.29) is 0 Å². The van der Waals surface area contributed by atoms with Crippen molar-refractivity contribution in [3.63, 3.8) is 0 Å². The summed E-state index contributed by atoms with van der Waals surface area (Å²) in [6, 6.07) is 4.45. The molecule has 1 heterocycles. The molecule has 0 amide bonds. The molecule has 1 aromatic carbocycles. The molecule has 0 saturated heterocycles. The lowest BCUT2D eigenvalue weighted by Crippen LogP contribution is -2.44. The van der Waals surface area contributed by atoms with Crippen molar-refractivity contribution in [1.29, 1.82) is 0 Å². The van der Waals surface area contributed by atoms with Crippen molar-refractivity contribution >= 4 is 60.8 Å². The van der Waals surface area contributed by atoms with Crippen LogP contribution < -0.4 is 10.4 Å². The van der Waals surface area contributed by atoms with Crippen molar-refractivity contribution in [2.45, 2.75) is 39.3 Å². The second-order valence-electron chi connectivity index (χ2n) is 7.16. The Kier molecular flexibility index (Phi) is 4.06. The first kappa shape index (κ1) is 16.0. The highest BCUT2D eigenvalue weighted by Crippen LogP contribution is 2.22. The Bertz CT molecular complexity index is 615. The minimum Gasteiger partial charge on any atom is -0.231 e. The lowest BCUT2D eigenvalue weighted by molar-refractivity contribution is 1.30. The van der Waals surface area contributed by atoms with Gasteiger partial charge in [-0.3, -0.25) is 0 Å². The Balaban J connectivity index is 2.94. The van der Waals surface area contributed by atoms with E-state index in [1.807, 2.05) is 0 Å². The molecule has 2 rings (SSSR count). The van der Waals surface area contributed by atoms with Gasteiger partial charge in [-0.25, -0.2) is 9.97 Å². The molecule has 0 unspecified atom stereocenters. The third kappa shape index (κ3) is 2.93. The van der Waals surface area contributed by atoms with Crippen LogP contribution in [0.5, 0.6) is 0 Å². The first-order chi connectivity index (χ1) is 9.01. The van der Waals surface area contributed by atoms with E-state index in [1.165, 1.54) is 10.4 Å². The quantitative estimate of drug-likeness (QED) is 0.770. The minimum atomic E-state index is -1.51. The normalized spacial score (nSPS) is 13.0. The number of hydrogen-bond acceptors (Lipinski definition) is 2. The molecule has 0 bridgehead atoms. The second-order valence-corrected chi connectivity index (χ2v) is 18.0. The van der Waals surface area contributed by atoms with Crippen LogP contribution in [-0.4, -0.2) is 26.1 Å². The van der Waals surface area contributed by atoms with Gasteiger partial charge in [-0.2, -0.15) is 0 Å². The van der Waals surface area contributed by atoms with Gasteiger partial charge in [0.25, 0.3) is 0 Å². The zero-order chi connectivity index (χ0) is 15.3. The summed E-state index contributed by atoms with van der Waals surface area (Å²) in [4.78, 5) is 9.09. The van der Waals surface area contributed by atoms with Gasteiger partial charge in [0, 0.05) is 0 Å². The number of nitrogens with zero attached hydrogens (tertiary/aromatic N) is 2. The van der Waals surface area contributed by atoms with E-state index in [1.54, 1.807) is 0 Å². The maximum atomic E-state index is 6.10. The highest BCUT2D eigenvalue weighted by Gasteiger charge is 2.27. The van der Waals surface area contributed by atoms with Crippen molar-refractivity contribution in [3.05, 3.63) is 22.4 Å². The van der Waals surface area contributed by atoms with Crippen LogP contribution in [-0.2, 0) is 0 Å². The summed E-state index contributed by atoms with van der Waals surface area (Å²) >= 11 is 12.2. The van der Waals surface area contributed by atoms with Gasteiger partial charge in [0.15, 0.2) is 10.3 Å². The van der Waals surface area contributed by atoms with Crippen LogP contribution in [0.25, 0.3) is 11.0 Å². The van der Waals surface area contributed by atoms with Gasteiger partial charge >= 0.3 is 0 Å². The van der Waals surface area contributed by atoms with Gasteiger partial charge in [-0.1, -0.05) is 74.6 Å². The number of hydrogen-bond donors (Lipinski definition) is 0. The molecule has 0 aliphatic carbocycles. The van der Waals surface area contributed by atoms with Crippen molar-refractivity contribution in [1.82, 2.24) is 9.97 Å². The van der Waals surface area contributed by atoms with E-state index in [0.717, 1.165) is 11.0 Å². The lowest BCUT2D eigenvalue weighted by Gasteiger charge is -2.23. The number of benzene rings is 1. The third-order valence-electron chi connectivity index (χ3n) is 3.36. The average molecular weight is 343 g/mol. The molecule has 0 aliphatic heterocycles. The molecule has 0 aliphatic rings. The highest BCUT2D eigenvalue weighted by atomic mass is 35.5. The number of halogens is 2. The summed E-state index contributed by atoms with van der Waals surface area (Å²) in [5.74, 6) is 0. The predicted molar refractivity (Wildman–Crippen MR) is 95.5 cm³/mol. The molecule has 6 heteroatoms. The van der Waals surface area contributed by atoms with Crippen molar-refractivity contribution in [2.24, 2.45) is 0 Å². The van der Waals surface area contributed by atoms with Crippen LogP contribution >= 0.6 is 23.2 Å². The average Bonchev–Trinajstić information content (AvgIpc) is 2.26. The Labute approximate surface area is 132 Å². The standard InChI is InChI=1S/C14H20Cl2N2Si2/c1-19(2,3)9-7-8-10(20(4,5)6)12-11(9)17-13(15)14(16)18-12/h7-8H,1-6H3. The minimum absolute atomic E-state index is 0.298. The molecule has 0 saturated carbocycles. The molecular formula is C14H20Cl2N2Si2. The molecule has 0 atom stereocenters. The summed E-state index contributed by atoms with van der Waals surface area (Å²) in [6.45, 7) is 13.8. The van der Waals surface area contributed by atoms with E-state index in [9.17, 15) is 0 Å². The maximum Gasteiger partial charge on any atom is 0.167 e. The van der Waals surface area contributed by atoms with Gasteiger partial charge in [0.1, 0.15) is 0 Å². The second kappa shape index (κ2) is 5.09. The molecule has 0 spiro atoms. The van der Waals surface area contributed by atoms with Crippen molar-refractivity contribution in [3.8, 4) is 0 Å². The van der Waals surface area contributed by atoms with Crippen molar-refractivity contribution < 1.29 is 0 Å². The molecular weight excluding hydrogens is 323 g/mol. The fourth-order valence-electron chi connectivity index (χ4n) is 2.30. The van der Waals surface area contributed by atoms with Gasteiger partial charge in [0.05, 0.1) is 27.2 Å². The topological polar surface area (TPSA) is 25.8 Å². The summed E-state index contributed by atoms with van der Waals surface area (Å²) in [6.07, 6.45) is 0. The van der Waals surface area contributed by atoms with E-state index in [2.05, 4.69) is 61.4 Å². The van der Waals surface area contributed by atoms with Gasteiger partial charge < -0.3 is 0 Å². The van der Waals surface area contributed by atoms with E-state index >= 15 is 0 Å². The number of fused-ring (bicyclic) bond motifs is 1. The summed E-state index contributed by atoms with van der Waals surface area (Å²) in [5, 5.41) is 3.18. The SMILES string of the molecule is C[Si](C)(C)c1ccc([Si](C)(C)C)c2nc(Cl)c(Cl)nc12. The van der Waals surface area contributed by atoms with Crippen LogP contribution in [0, 0.1) is 0 Å². The summed E-state index contributed by atoms with van der Waals surface area (Å²) in [5.41, 5.74) is 1.89. The van der Waals surface area contributed by atoms with E-state index in [0.29, 0.717) is 10.3 Å². The summed E-state index contributed by atoms with van der Waals surface area (Å²) < 4.78 is 0. The van der Waals surface area contributed by atoms with Crippen LogP contribution in [0.15, 0.2) is 12.1 Å². The molecule has 0 radical (unpaired) electrons. The number of aromatic nitrogens is 2. The molecule has 2 aromatic rings. The molecule has 0 fully saturated rings. The molecule has 1 aromatic heterocycles. The monoisotopic (exact) mass is 342 g/mol. The van der Waals surface area contributed by atoms with E-state index in [4.69, 9.17) is 23.2 Å². The molecule has 2 nitrogen and oxygen atoms in total. The Hall–Kier alpha value is -0.426. The highest BCUT2D eigenvalue weighted by molar-refractivity contribution is 6.92. The van der Waals surface area contributed by atoms with Crippen LogP contribution in [0.2, 0.25) is 49.6 Å². The van der Waals surface area contributed by atoms with Crippen LogP contribution in [0.1, 0.15) is 0 Å². The Morgan fingerprint density at radius 2 is 1.00 bits per heavy atom. The lowest BCUT2D eigenvalue weighted by atomic mass is 10.3. The van der Waals surface area contributed by atoms with Gasteiger partial charge in [-0.05, 0) is 10.4 Å². The predicted octanol–water partition coefficient (Wildman–Crippen LogP) is 4.03. The van der Waals surface area contributed by atoms with Crippen LogP contribution in [0.3, 0.4) is 0 Å². The van der Waals surface area contributed by atoms with Gasteiger partial charge in [-0.15, -0.1) is 0 Å². The fourth-order valence-corrected chi connectivity index (χ4v) is 5.49. The Morgan fingerprint density at radius 1 is 0.700 bits per heavy atom. The van der Waals surface area contributed by atoms with Crippen molar-refractivity contribution in [2.75, 3.05) is 0 Å². The number of rotatable bonds is 2. The van der Waals surface area contributed by atoms with Crippen LogP contribution in [0.4, 0.5) is 0 Å². The maximum absolute atomic E-state index is 6.10. The molecule has 0 N–H and O–H groups in total. The zero-order valence-electron chi connectivity index (χ0n) is 12.8. The Morgan fingerprint density at radius 3 is 1.25 bits per heavy atom. The van der Waals surface area contributed by atoms with Gasteiger partial charge in [0.2, 0.25) is 0 Å². The first-order valence-corrected chi connectivity index (χ1v) is 14.4. The smallest absolute Gasteiger partial charge is 0.167 e. The first-order valence-electron chi connectivity index (χ1n) is 6.68. The molecule has 20 heavy (non-hydrogen) atoms.